The van der Waals surface area contributed by atoms with Gasteiger partial charge in [-0.2, -0.15) is 0 Å². The molecule has 2 rings (SSSR count). The third-order valence-corrected chi connectivity index (χ3v) is 3.63. The first-order valence-electron chi connectivity index (χ1n) is 7.17. The first-order valence-corrected chi connectivity index (χ1v) is 7.17. The molecule has 0 fully saturated rings. The van der Waals surface area contributed by atoms with Crippen LogP contribution in [0.2, 0.25) is 0 Å². The highest BCUT2D eigenvalue weighted by atomic mass is 19.1. The summed E-state index contributed by atoms with van der Waals surface area (Å²) in [5.41, 5.74) is 3.18. The monoisotopic (exact) mass is 285 g/mol. The van der Waals surface area contributed by atoms with E-state index in [0.29, 0.717) is 19.5 Å². The van der Waals surface area contributed by atoms with Crippen molar-refractivity contribution in [3.05, 3.63) is 71.0 Å². The Bertz CT molecular complexity index is 607. The fourth-order valence-corrected chi connectivity index (χ4v) is 2.26. The summed E-state index contributed by atoms with van der Waals surface area (Å²) in [7, 11) is 0. The second-order valence-electron chi connectivity index (χ2n) is 5.14. The highest BCUT2D eigenvalue weighted by Crippen LogP contribution is 2.12. The highest BCUT2D eigenvalue weighted by molar-refractivity contribution is 5.78. The van der Waals surface area contributed by atoms with Gasteiger partial charge in [0, 0.05) is 13.1 Å². The molecule has 2 aromatic carbocycles. The number of hydrogen-bond donors (Lipinski definition) is 0. The van der Waals surface area contributed by atoms with Gasteiger partial charge in [0.25, 0.3) is 0 Å². The Morgan fingerprint density at radius 3 is 2.38 bits per heavy atom. The Morgan fingerprint density at radius 1 is 1.10 bits per heavy atom. The van der Waals surface area contributed by atoms with Crippen molar-refractivity contribution in [2.75, 3.05) is 6.54 Å². The van der Waals surface area contributed by atoms with Crippen LogP contribution >= 0.6 is 0 Å². The zero-order valence-corrected chi connectivity index (χ0v) is 12.5. The van der Waals surface area contributed by atoms with Crippen LogP contribution in [0.15, 0.2) is 48.5 Å². The minimum atomic E-state index is -0.279. The first-order chi connectivity index (χ1) is 10.1. The average Bonchev–Trinajstić information content (AvgIpc) is 2.48. The van der Waals surface area contributed by atoms with Gasteiger partial charge >= 0.3 is 0 Å². The summed E-state index contributed by atoms with van der Waals surface area (Å²) in [6, 6.07) is 14.2. The van der Waals surface area contributed by atoms with E-state index in [1.165, 1.54) is 17.7 Å². The van der Waals surface area contributed by atoms with E-state index in [1.54, 1.807) is 12.1 Å². The lowest BCUT2D eigenvalue weighted by molar-refractivity contribution is -0.130. The number of carbonyl (C=O) groups excluding carboxylic acids is 1. The molecule has 0 spiro atoms. The van der Waals surface area contributed by atoms with Crippen LogP contribution in [0.1, 0.15) is 23.6 Å². The van der Waals surface area contributed by atoms with E-state index < -0.39 is 0 Å². The summed E-state index contributed by atoms with van der Waals surface area (Å²) in [5, 5.41) is 0. The molecule has 0 saturated carbocycles. The van der Waals surface area contributed by atoms with Gasteiger partial charge in [-0.05, 0) is 42.7 Å². The van der Waals surface area contributed by atoms with Crippen molar-refractivity contribution in [2.24, 2.45) is 0 Å². The molecule has 0 aliphatic carbocycles. The van der Waals surface area contributed by atoms with Crippen LogP contribution in [-0.2, 0) is 17.8 Å². The van der Waals surface area contributed by atoms with Gasteiger partial charge < -0.3 is 4.90 Å². The molecule has 21 heavy (non-hydrogen) atoms. The minimum absolute atomic E-state index is 0.0624. The molecule has 3 heteroatoms. The normalized spacial score (nSPS) is 10.4. The zero-order valence-electron chi connectivity index (χ0n) is 12.5. The molecule has 0 heterocycles. The molecule has 0 atom stereocenters. The van der Waals surface area contributed by atoms with Crippen LogP contribution in [0, 0.1) is 12.7 Å². The number of amides is 1. The van der Waals surface area contributed by atoms with Crippen molar-refractivity contribution >= 4 is 5.91 Å². The van der Waals surface area contributed by atoms with Crippen molar-refractivity contribution in [2.45, 2.75) is 26.8 Å². The summed E-state index contributed by atoms with van der Waals surface area (Å²) < 4.78 is 12.9. The van der Waals surface area contributed by atoms with Crippen molar-refractivity contribution < 1.29 is 9.18 Å². The van der Waals surface area contributed by atoms with Crippen molar-refractivity contribution in [1.82, 2.24) is 4.90 Å². The molecule has 0 aliphatic heterocycles. The minimum Gasteiger partial charge on any atom is -0.338 e. The molecule has 0 bridgehead atoms. The summed E-state index contributed by atoms with van der Waals surface area (Å²) >= 11 is 0. The lowest BCUT2D eigenvalue weighted by atomic mass is 10.1. The molecule has 0 aliphatic rings. The number of halogens is 1. The molecule has 1 amide bonds. The maximum Gasteiger partial charge on any atom is 0.227 e. The van der Waals surface area contributed by atoms with E-state index in [2.05, 4.69) is 0 Å². The second-order valence-corrected chi connectivity index (χ2v) is 5.14. The molecule has 0 aromatic heterocycles. The fraction of sp³-hybridized carbons (Fsp3) is 0.278. The number of rotatable bonds is 5. The van der Waals surface area contributed by atoms with Crippen LogP contribution in [-0.4, -0.2) is 17.4 Å². The Morgan fingerprint density at radius 2 is 1.76 bits per heavy atom. The van der Waals surface area contributed by atoms with E-state index in [1.807, 2.05) is 43.0 Å². The predicted molar refractivity (Wildman–Crippen MR) is 82.4 cm³/mol. The number of carbonyl (C=O) groups is 1. The van der Waals surface area contributed by atoms with E-state index in [-0.39, 0.29) is 11.7 Å². The van der Waals surface area contributed by atoms with Crippen LogP contribution < -0.4 is 0 Å². The number of benzene rings is 2. The molecule has 110 valence electrons. The summed E-state index contributed by atoms with van der Waals surface area (Å²) in [6.07, 6.45) is 0.306. The molecule has 0 unspecified atom stereocenters. The molecule has 0 saturated heterocycles. The Balaban J connectivity index is 2.05. The Labute approximate surface area is 125 Å². The van der Waals surface area contributed by atoms with Crippen molar-refractivity contribution in [3.8, 4) is 0 Å². The molecular weight excluding hydrogens is 265 g/mol. The predicted octanol–water partition coefficient (Wildman–Crippen LogP) is 3.73. The molecule has 2 aromatic rings. The average molecular weight is 285 g/mol. The number of aryl methyl sites for hydroxylation is 1. The highest BCUT2D eigenvalue weighted by Gasteiger charge is 2.13. The van der Waals surface area contributed by atoms with Gasteiger partial charge in [-0.1, -0.05) is 36.4 Å². The number of hydrogen-bond acceptors (Lipinski definition) is 1. The van der Waals surface area contributed by atoms with Gasteiger partial charge in [0.05, 0.1) is 6.42 Å². The third kappa shape index (κ3) is 4.15. The maximum atomic E-state index is 12.9. The molecule has 0 radical (unpaired) electrons. The fourth-order valence-electron chi connectivity index (χ4n) is 2.26. The second kappa shape index (κ2) is 7.02. The topological polar surface area (TPSA) is 20.3 Å². The number of likely N-dealkylation sites (N-methyl/N-ethyl adjacent to an activating group) is 1. The van der Waals surface area contributed by atoms with E-state index >= 15 is 0 Å². The summed E-state index contributed by atoms with van der Waals surface area (Å²) in [6.45, 7) is 5.30. The zero-order chi connectivity index (χ0) is 15.2. The van der Waals surface area contributed by atoms with Gasteiger partial charge in [-0.15, -0.1) is 0 Å². The summed E-state index contributed by atoms with van der Waals surface area (Å²) in [5.74, 6) is -0.217. The number of nitrogens with zero attached hydrogens (tertiary/aromatic N) is 1. The first kappa shape index (κ1) is 15.2. The van der Waals surface area contributed by atoms with E-state index in [4.69, 9.17) is 0 Å². The van der Waals surface area contributed by atoms with E-state index in [0.717, 1.165) is 11.1 Å². The molecule has 2 nitrogen and oxygen atoms in total. The molecule has 0 N–H and O–H groups in total. The Kier molecular flexibility index (Phi) is 5.09. The maximum absolute atomic E-state index is 12.9. The van der Waals surface area contributed by atoms with E-state index in [9.17, 15) is 9.18 Å². The smallest absolute Gasteiger partial charge is 0.227 e. The van der Waals surface area contributed by atoms with Gasteiger partial charge in [-0.25, -0.2) is 4.39 Å². The summed E-state index contributed by atoms with van der Waals surface area (Å²) in [4.78, 5) is 14.2. The van der Waals surface area contributed by atoms with Crippen LogP contribution in [0.3, 0.4) is 0 Å². The van der Waals surface area contributed by atoms with Crippen LogP contribution in [0.25, 0.3) is 0 Å². The van der Waals surface area contributed by atoms with Gasteiger partial charge in [0.2, 0.25) is 5.91 Å². The van der Waals surface area contributed by atoms with Crippen molar-refractivity contribution in [1.29, 1.82) is 0 Å². The van der Waals surface area contributed by atoms with Gasteiger partial charge in [-0.3, -0.25) is 4.79 Å². The van der Waals surface area contributed by atoms with Crippen LogP contribution in [0.4, 0.5) is 4.39 Å². The SMILES string of the molecule is CCN(Cc1ccccc1C)C(=O)Cc1ccc(F)cc1. The third-order valence-electron chi connectivity index (χ3n) is 3.63. The van der Waals surface area contributed by atoms with Crippen molar-refractivity contribution in [3.63, 3.8) is 0 Å². The molecular formula is C18H20FNO. The lowest BCUT2D eigenvalue weighted by Gasteiger charge is -2.22. The lowest BCUT2D eigenvalue weighted by Crippen LogP contribution is -2.31. The van der Waals surface area contributed by atoms with Crippen LogP contribution in [0.5, 0.6) is 0 Å². The standard InChI is InChI=1S/C18H20FNO/c1-3-20(13-16-7-5-4-6-14(16)2)18(21)12-15-8-10-17(19)11-9-15/h4-11H,3,12-13H2,1-2H3. The largest absolute Gasteiger partial charge is 0.338 e. The van der Waals surface area contributed by atoms with Gasteiger partial charge in [0.1, 0.15) is 5.82 Å². The quantitative estimate of drug-likeness (QED) is 0.820. The Hall–Kier alpha value is -2.16. The van der Waals surface area contributed by atoms with Gasteiger partial charge in [0.15, 0.2) is 0 Å².